The van der Waals surface area contributed by atoms with Crippen molar-refractivity contribution in [1.29, 1.82) is 0 Å². The number of aryl methyl sites for hydroxylation is 3. The largest absolute Gasteiger partial charge is 0.493 e. The Morgan fingerprint density at radius 3 is 1.73 bits per heavy atom. The molecule has 2 N–H and O–H groups in total. The molecule has 3 aromatic carbocycles. The van der Waals surface area contributed by atoms with Gasteiger partial charge in [0.1, 0.15) is 5.75 Å². The topological polar surface area (TPSA) is 102 Å². The minimum atomic E-state index is -0.631. The fourth-order valence-corrected chi connectivity index (χ4v) is 8.94. The minimum absolute atomic E-state index is 0.114. The summed E-state index contributed by atoms with van der Waals surface area (Å²) >= 11 is 0. The standard InChI is InChI=1S/C55H78O7/c1-8-11-13-17-42-20-22-44(23-21-42)45-24-26-46(27-25-45)47-28-29-51(43(10-3)35-47)50-36-48(18-15-32-61-53(58)40(4)5)52(49(37-50)19-16-33-62-54(59)41(6)7)60-34-31-55(38-56,39-57)30-14-12-9-2/h24-29,35-37,42,44,56-57H,4,6,8-23,30-34,38-39H2,1-3,5,7H3. The number of carbonyl (C=O) groups excluding carboxylic acids is 2. The lowest BCUT2D eigenvalue weighted by Gasteiger charge is -2.30. The van der Waals surface area contributed by atoms with Crippen molar-refractivity contribution in [2.45, 2.75) is 156 Å². The summed E-state index contributed by atoms with van der Waals surface area (Å²) in [5.41, 5.74) is 9.43. The van der Waals surface area contributed by atoms with Gasteiger partial charge in [-0.25, -0.2) is 9.59 Å². The van der Waals surface area contributed by atoms with Crippen LogP contribution >= 0.6 is 0 Å². The van der Waals surface area contributed by atoms with Gasteiger partial charge >= 0.3 is 11.9 Å². The molecule has 1 aliphatic rings. The second kappa shape index (κ2) is 26.4. The van der Waals surface area contributed by atoms with Crippen molar-refractivity contribution in [3.8, 4) is 28.0 Å². The molecular formula is C55H78O7. The number of rotatable bonds is 28. The fraction of sp³-hybridized carbons (Fsp3) is 0.564. The molecule has 62 heavy (non-hydrogen) atoms. The van der Waals surface area contributed by atoms with Crippen LogP contribution in [0.15, 0.2) is 78.9 Å². The number of carbonyl (C=O) groups is 2. The molecule has 0 bridgehead atoms. The van der Waals surface area contributed by atoms with Crippen molar-refractivity contribution in [2.75, 3.05) is 33.0 Å². The molecular weight excluding hydrogens is 773 g/mol. The average molecular weight is 851 g/mol. The van der Waals surface area contributed by atoms with Gasteiger partial charge in [0.05, 0.1) is 33.0 Å². The Morgan fingerprint density at radius 1 is 0.645 bits per heavy atom. The molecule has 0 amide bonds. The number of esters is 2. The predicted octanol–water partition coefficient (Wildman–Crippen LogP) is 12.9. The lowest BCUT2D eigenvalue weighted by atomic mass is 9.77. The van der Waals surface area contributed by atoms with E-state index in [9.17, 15) is 19.8 Å². The third-order valence-electron chi connectivity index (χ3n) is 13.0. The Hall–Kier alpha value is -4.20. The molecule has 7 nitrogen and oxygen atoms in total. The van der Waals surface area contributed by atoms with Gasteiger partial charge in [0.15, 0.2) is 0 Å². The predicted molar refractivity (Wildman–Crippen MR) is 255 cm³/mol. The highest BCUT2D eigenvalue weighted by Gasteiger charge is 2.29. The number of hydrogen-bond acceptors (Lipinski definition) is 7. The number of ether oxygens (including phenoxy) is 3. The Balaban J connectivity index is 1.65. The van der Waals surface area contributed by atoms with Crippen LogP contribution in [0.1, 0.15) is 159 Å². The second-order valence-electron chi connectivity index (χ2n) is 18.1. The molecule has 0 unspecified atom stereocenters. The summed E-state index contributed by atoms with van der Waals surface area (Å²) in [6.07, 6.45) is 18.2. The molecule has 4 rings (SSSR count). The van der Waals surface area contributed by atoms with E-state index in [0.717, 1.165) is 66.0 Å². The van der Waals surface area contributed by atoms with Gasteiger partial charge in [0, 0.05) is 16.6 Å². The van der Waals surface area contributed by atoms with Crippen LogP contribution in [0.4, 0.5) is 0 Å². The molecule has 3 aromatic rings. The number of benzene rings is 3. The summed E-state index contributed by atoms with van der Waals surface area (Å²) in [4.78, 5) is 24.5. The van der Waals surface area contributed by atoms with Gasteiger partial charge in [-0.3, -0.25) is 0 Å². The summed E-state index contributed by atoms with van der Waals surface area (Å²) in [6.45, 7) is 17.9. The average Bonchev–Trinajstić information content (AvgIpc) is 3.29. The zero-order chi connectivity index (χ0) is 44.9. The Labute approximate surface area is 374 Å². The zero-order valence-electron chi connectivity index (χ0n) is 39.0. The Bertz CT molecular complexity index is 1810. The molecule has 0 atom stereocenters. The van der Waals surface area contributed by atoms with E-state index >= 15 is 0 Å². The maximum absolute atomic E-state index is 12.2. The first-order valence-corrected chi connectivity index (χ1v) is 23.9. The van der Waals surface area contributed by atoms with E-state index in [-0.39, 0.29) is 26.4 Å². The second-order valence-corrected chi connectivity index (χ2v) is 18.1. The third-order valence-corrected chi connectivity index (χ3v) is 13.0. The molecule has 0 spiro atoms. The quantitative estimate of drug-likeness (QED) is 0.0426. The van der Waals surface area contributed by atoms with Crippen molar-refractivity contribution in [2.24, 2.45) is 11.3 Å². The molecule has 0 saturated heterocycles. The van der Waals surface area contributed by atoms with Crippen LogP contribution < -0.4 is 4.74 Å². The molecule has 0 heterocycles. The summed E-state index contributed by atoms with van der Waals surface area (Å²) in [5.74, 6) is 1.50. The van der Waals surface area contributed by atoms with Crippen molar-refractivity contribution < 1.29 is 34.0 Å². The van der Waals surface area contributed by atoms with Crippen molar-refractivity contribution in [3.05, 3.63) is 101 Å². The van der Waals surface area contributed by atoms with Crippen LogP contribution in [0.2, 0.25) is 0 Å². The number of aliphatic hydroxyl groups excluding tert-OH is 2. The molecule has 7 heteroatoms. The normalized spacial score (nSPS) is 15.3. The van der Waals surface area contributed by atoms with Crippen molar-refractivity contribution in [3.63, 3.8) is 0 Å². The monoisotopic (exact) mass is 851 g/mol. The lowest BCUT2D eigenvalue weighted by Crippen LogP contribution is -2.32. The first kappa shape index (κ1) is 50.4. The maximum atomic E-state index is 12.2. The van der Waals surface area contributed by atoms with Gasteiger partial charge in [-0.2, -0.15) is 0 Å². The van der Waals surface area contributed by atoms with Crippen LogP contribution in [-0.4, -0.2) is 55.2 Å². The molecule has 0 aliphatic heterocycles. The first-order valence-electron chi connectivity index (χ1n) is 23.9. The van der Waals surface area contributed by atoms with Gasteiger partial charge in [-0.15, -0.1) is 0 Å². The van der Waals surface area contributed by atoms with Crippen molar-refractivity contribution >= 4 is 11.9 Å². The van der Waals surface area contributed by atoms with E-state index in [1.807, 2.05) is 0 Å². The number of unbranched alkanes of at least 4 members (excludes halogenated alkanes) is 4. The Morgan fingerprint density at radius 2 is 1.19 bits per heavy atom. The molecule has 1 fully saturated rings. The van der Waals surface area contributed by atoms with Gasteiger partial charge in [-0.05, 0) is 153 Å². The van der Waals surface area contributed by atoms with Crippen molar-refractivity contribution in [1.82, 2.24) is 0 Å². The molecule has 0 radical (unpaired) electrons. The van der Waals surface area contributed by atoms with E-state index in [1.165, 1.54) is 73.6 Å². The summed E-state index contributed by atoms with van der Waals surface area (Å²) in [6, 6.07) is 20.5. The molecule has 340 valence electrons. The van der Waals surface area contributed by atoms with Gasteiger partial charge in [0.2, 0.25) is 0 Å². The number of hydrogen-bond donors (Lipinski definition) is 2. The van der Waals surface area contributed by atoms with Gasteiger partial charge in [-0.1, -0.05) is 121 Å². The fourth-order valence-electron chi connectivity index (χ4n) is 8.94. The highest BCUT2D eigenvalue weighted by Crippen LogP contribution is 2.40. The molecule has 0 aromatic heterocycles. The van der Waals surface area contributed by atoms with Gasteiger partial charge in [0.25, 0.3) is 0 Å². The summed E-state index contributed by atoms with van der Waals surface area (Å²) in [7, 11) is 0. The van der Waals surface area contributed by atoms with Crippen LogP contribution in [-0.2, 0) is 38.3 Å². The first-order chi connectivity index (χ1) is 30.0. The molecule has 1 aliphatic carbocycles. The van der Waals surface area contributed by atoms with E-state index in [4.69, 9.17) is 14.2 Å². The summed E-state index contributed by atoms with van der Waals surface area (Å²) in [5, 5.41) is 20.9. The highest BCUT2D eigenvalue weighted by molar-refractivity contribution is 5.87. The van der Waals surface area contributed by atoms with E-state index in [2.05, 4.69) is 88.5 Å². The highest BCUT2D eigenvalue weighted by atomic mass is 16.5. The lowest BCUT2D eigenvalue weighted by molar-refractivity contribution is -0.139. The number of aliphatic hydroxyl groups is 2. The smallest absolute Gasteiger partial charge is 0.333 e. The van der Waals surface area contributed by atoms with Gasteiger partial charge < -0.3 is 24.4 Å². The van der Waals surface area contributed by atoms with E-state index in [1.54, 1.807) is 13.8 Å². The zero-order valence-corrected chi connectivity index (χ0v) is 39.0. The maximum Gasteiger partial charge on any atom is 0.333 e. The third kappa shape index (κ3) is 15.3. The SMILES string of the molecule is C=C(C)C(=O)OCCCc1cc(-c2ccc(-c3ccc(C4CCC(CCCCC)CC4)cc3)cc2CC)cc(CCCOC(=O)C(=C)C)c1OCCC(CO)(CO)CCCCC. The Kier molecular flexibility index (Phi) is 21.5. The van der Waals surface area contributed by atoms with Crippen LogP contribution in [0, 0.1) is 11.3 Å². The van der Waals surface area contributed by atoms with Crippen LogP contribution in [0.5, 0.6) is 5.75 Å². The van der Waals surface area contributed by atoms with E-state index in [0.29, 0.717) is 55.8 Å². The minimum Gasteiger partial charge on any atom is -0.493 e. The van der Waals surface area contributed by atoms with E-state index < -0.39 is 17.4 Å². The van der Waals surface area contributed by atoms with Crippen LogP contribution in [0.3, 0.4) is 0 Å². The van der Waals surface area contributed by atoms with Crippen LogP contribution in [0.25, 0.3) is 22.3 Å². The molecule has 1 saturated carbocycles. The summed E-state index contributed by atoms with van der Waals surface area (Å²) < 4.78 is 17.7.